The molecule has 5 rings (SSSR count). The third-order valence-electron chi connectivity index (χ3n) is 7.68. The minimum absolute atomic E-state index is 0.000437. The third-order valence-corrected chi connectivity index (χ3v) is 7.68. The third kappa shape index (κ3) is 4.84. The van der Waals surface area contributed by atoms with Crippen molar-refractivity contribution in [3.63, 3.8) is 0 Å². The second kappa shape index (κ2) is 10.7. The molecule has 0 aliphatic carbocycles. The number of nitrogens with zero attached hydrogens (tertiary/aromatic N) is 6. The van der Waals surface area contributed by atoms with Gasteiger partial charge in [0, 0.05) is 68.9 Å². The Bertz CT molecular complexity index is 1420. The Morgan fingerprint density at radius 2 is 2.08 bits per heavy atom. The molecule has 2 aromatic heterocycles. The van der Waals surface area contributed by atoms with Gasteiger partial charge in [-0.05, 0) is 50.7 Å². The molecule has 10 nitrogen and oxygen atoms in total. The maximum absolute atomic E-state index is 14.3. The molecule has 1 saturated heterocycles. The summed E-state index contributed by atoms with van der Waals surface area (Å²) in [5, 5.41) is 16.1. The van der Waals surface area contributed by atoms with Gasteiger partial charge in [-0.2, -0.15) is 5.26 Å². The Hall–Kier alpha value is -3.94. The zero-order chi connectivity index (χ0) is 27.7. The van der Waals surface area contributed by atoms with Gasteiger partial charge in [0.25, 0.3) is 5.91 Å². The molecular weight excluding hydrogens is 492 g/mol. The number of rotatable bonds is 9. The van der Waals surface area contributed by atoms with Crippen LogP contribution in [0.5, 0.6) is 5.75 Å². The van der Waals surface area contributed by atoms with E-state index in [0.29, 0.717) is 36.7 Å². The number of pyridine rings is 1. The van der Waals surface area contributed by atoms with Crippen molar-refractivity contribution in [1.82, 2.24) is 29.7 Å². The molecule has 39 heavy (non-hydrogen) atoms. The zero-order valence-corrected chi connectivity index (χ0v) is 23.3. The lowest BCUT2D eigenvalue weighted by molar-refractivity contribution is 0.0521. The van der Waals surface area contributed by atoms with Gasteiger partial charge in [-0.1, -0.05) is 6.07 Å². The average Bonchev–Trinajstić information content (AvgIpc) is 3.34. The Morgan fingerprint density at radius 3 is 2.72 bits per heavy atom. The van der Waals surface area contributed by atoms with Gasteiger partial charge in [-0.3, -0.25) is 9.78 Å². The number of imidazole rings is 1. The summed E-state index contributed by atoms with van der Waals surface area (Å²) in [6.45, 7) is 7.91. The highest BCUT2D eigenvalue weighted by Crippen LogP contribution is 2.43. The summed E-state index contributed by atoms with van der Waals surface area (Å²) in [6, 6.07) is 7.96. The molecule has 1 amide bonds. The van der Waals surface area contributed by atoms with E-state index in [9.17, 15) is 10.1 Å². The molecule has 1 unspecified atom stereocenters. The summed E-state index contributed by atoms with van der Waals surface area (Å²) in [5.74, 6) is 1.28. The summed E-state index contributed by atoms with van der Waals surface area (Å²) < 4.78 is 7.75. The van der Waals surface area contributed by atoms with Gasteiger partial charge >= 0.3 is 0 Å². The van der Waals surface area contributed by atoms with Crippen LogP contribution in [-0.2, 0) is 18.5 Å². The van der Waals surface area contributed by atoms with Crippen molar-refractivity contribution < 1.29 is 9.53 Å². The molecule has 204 valence electrons. The van der Waals surface area contributed by atoms with Crippen LogP contribution in [0.2, 0.25) is 0 Å². The molecule has 1 atom stereocenters. The van der Waals surface area contributed by atoms with Crippen LogP contribution in [-0.4, -0.2) is 77.6 Å². The van der Waals surface area contributed by atoms with Crippen LogP contribution in [0.4, 0.5) is 5.95 Å². The number of fused-ring (bicyclic) bond motifs is 2. The van der Waals surface area contributed by atoms with Crippen molar-refractivity contribution in [1.29, 1.82) is 5.26 Å². The SMILES string of the molecule is CCOc1cc(C(C)N2CC3(CNC3)c3c(CN(C)C)cc(Cn4ccnc4NC)cc3C2=O)ncc1C#N. The van der Waals surface area contributed by atoms with Crippen LogP contribution in [0.3, 0.4) is 0 Å². The van der Waals surface area contributed by atoms with Gasteiger partial charge in [0.1, 0.15) is 17.4 Å². The standard InChI is InChI=1S/C29H36N8O2/c1-6-39-25-11-24(34-13-22(25)12-30)19(2)37-18-29(16-32-17-29)26-21(15-35(4)5)9-20(10-23(26)27(37)38)14-36-8-7-33-28(36)31-3/h7-11,13,19,32H,6,14-18H2,1-5H3,(H,31,33). The van der Waals surface area contributed by atoms with Crippen molar-refractivity contribution in [2.45, 2.75) is 38.4 Å². The highest BCUT2D eigenvalue weighted by atomic mass is 16.5. The van der Waals surface area contributed by atoms with Crippen molar-refractivity contribution in [2.24, 2.45) is 0 Å². The second-order valence-electron chi connectivity index (χ2n) is 10.7. The lowest BCUT2D eigenvalue weighted by atomic mass is 9.68. The summed E-state index contributed by atoms with van der Waals surface area (Å²) >= 11 is 0. The smallest absolute Gasteiger partial charge is 0.254 e. The van der Waals surface area contributed by atoms with Crippen LogP contribution >= 0.6 is 0 Å². The maximum atomic E-state index is 14.3. The quantitative estimate of drug-likeness (QED) is 0.436. The number of hydrogen-bond donors (Lipinski definition) is 2. The van der Waals surface area contributed by atoms with E-state index in [1.54, 1.807) is 12.3 Å². The highest BCUT2D eigenvalue weighted by molar-refractivity contribution is 5.98. The number of hydrogen-bond acceptors (Lipinski definition) is 8. The first-order valence-electron chi connectivity index (χ1n) is 13.3. The van der Waals surface area contributed by atoms with E-state index in [2.05, 4.69) is 57.8 Å². The highest BCUT2D eigenvalue weighted by Gasteiger charge is 2.49. The lowest BCUT2D eigenvalue weighted by Gasteiger charge is -2.52. The minimum Gasteiger partial charge on any atom is -0.492 e. The molecule has 4 heterocycles. The molecule has 10 heteroatoms. The minimum atomic E-state index is -0.291. The van der Waals surface area contributed by atoms with E-state index in [4.69, 9.17) is 4.74 Å². The molecule has 0 radical (unpaired) electrons. The Labute approximate surface area is 229 Å². The van der Waals surface area contributed by atoms with E-state index in [0.717, 1.165) is 42.3 Å². The molecule has 1 fully saturated rings. The van der Waals surface area contributed by atoms with Crippen LogP contribution < -0.4 is 15.4 Å². The Kier molecular flexibility index (Phi) is 7.30. The monoisotopic (exact) mass is 528 g/mol. The maximum Gasteiger partial charge on any atom is 0.254 e. The number of ether oxygens (including phenoxy) is 1. The number of aromatic nitrogens is 3. The van der Waals surface area contributed by atoms with Crippen molar-refractivity contribution in [3.05, 3.63) is 70.3 Å². The van der Waals surface area contributed by atoms with E-state index in [-0.39, 0.29) is 17.4 Å². The first-order valence-corrected chi connectivity index (χ1v) is 13.3. The van der Waals surface area contributed by atoms with Gasteiger partial charge in [0.05, 0.1) is 24.9 Å². The van der Waals surface area contributed by atoms with Crippen LogP contribution in [0.15, 0.2) is 36.8 Å². The number of nitrogens with one attached hydrogen (secondary N) is 2. The molecular formula is C29H36N8O2. The van der Waals surface area contributed by atoms with Gasteiger partial charge < -0.3 is 29.7 Å². The van der Waals surface area contributed by atoms with Crippen LogP contribution in [0.25, 0.3) is 0 Å². The van der Waals surface area contributed by atoms with Crippen molar-refractivity contribution in [3.8, 4) is 11.8 Å². The summed E-state index contributed by atoms with van der Waals surface area (Å²) in [6.07, 6.45) is 5.25. The van der Waals surface area contributed by atoms with Crippen molar-refractivity contribution in [2.75, 3.05) is 52.7 Å². The summed E-state index contributed by atoms with van der Waals surface area (Å²) in [7, 11) is 5.98. The predicted molar refractivity (Wildman–Crippen MR) is 149 cm³/mol. The van der Waals surface area contributed by atoms with Gasteiger partial charge in [0.2, 0.25) is 5.95 Å². The molecule has 2 aliphatic heterocycles. The van der Waals surface area contributed by atoms with E-state index in [1.165, 1.54) is 11.8 Å². The second-order valence-corrected chi connectivity index (χ2v) is 10.7. The van der Waals surface area contributed by atoms with E-state index in [1.807, 2.05) is 36.6 Å². The number of nitriles is 1. The Morgan fingerprint density at radius 1 is 1.28 bits per heavy atom. The molecule has 0 bridgehead atoms. The number of carbonyl (C=O) groups is 1. The van der Waals surface area contributed by atoms with Crippen molar-refractivity contribution >= 4 is 11.9 Å². The molecule has 1 spiro atoms. The van der Waals surface area contributed by atoms with Gasteiger partial charge in [-0.25, -0.2) is 4.98 Å². The average molecular weight is 529 g/mol. The van der Waals surface area contributed by atoms with Gasteiger partial charge in [0.15, 0.2) is 0 Å². The molecule has 2 N–H and O–H groups in total. The number of benzene rings is 1. The molecule has 3 aromatic rings. The Balaban J connectivity index is 1.58. The molecule has 1 aromatic carbocycles. The first-order chi connectivity index (χ1) is 18.8. The summed E-state index contributed by atoms with van der Waals surface area (Å²) in [4.78, 5) is 27.3. The van der Waals surface area contributed by atoms with Gasteiger partial charge in [-0.15, -0.1) is 0 Å². The van der Waals surface area contributed by atoms with Crippen LogP contribution in [0.1, 0.15) is 58.2 Å². The lowest BCUT2D eigenvalue weighted by Crippen LogP contribution is -2.66. The predicted octanol–water partition coefficient (Wildman–Crippen LogP) is 2.76. The normalized spacial score (nSPS) is 16.5. The fraction of sp³-hybridized carbons (Fsp3) is 0.448. The van der Waals surface area contributed by atoms with E-state index >= 15 is 0 Å². The summed E-state index contributed by atoms with van der Waals surface area (Å²) in [5.41, 5.74) is 5.10. The topological polar surface area (TPSA) is 111 Å². The first kappa shape index (κ1) is 26.7. The van der Waals surface area contributed by atoms with Crippen LogP contribution in [0, 0.1) is 11.3 Å². The zero-order valence-electron chi connectivity index (χ0n) is 23.3. The molecule has 0 saturated carbocycles. The number of amides is 1. The fourth-order valence-corrected chi connectivity index (χ4v) is 5.84. The largest absolute Gasteiger partial charge is 0.492 e. The molecule has 2 aliphatic rings. The van der Waals surface area contributed by atoms with E-state index < -0.39 is 0 Å². The fourth-order valence-electron chi connectivity index (χ4n) is 5.84. The number of carbonyl (C=O) groups excluding carboxylic acids is 1. The number of anilines is 1.